The lowest BCUT2D eigenvalue weighted by Crippen LogP contribution is -2.05. The van der Waals surface area contributed by atoms with E-state index in [9.17, 15) is 40.0 Å². The fourth-order valence-electron chi connectivity index (χ4n) is 5.72. The van der Waals surface area contributed by atoms with Crippen molar-refractivity contribution >= 4 is 104 Å². The van der Waals surface area contributed by atoms with Crippen LogP contribution in [-0.2, 0) is 29.8 Å². The number of phenols is 2. The van der Waals surface area contributed by atoms with E-state index in [-0.39, 0.29) is 78.0 Å². The number of fused-ring (bicyclic) bond motifs is 1. The van der Waals surface area contributed by atoms with Gasteiger partial charge in [-0.3, -0.25) is 4.55 Å². The van der Waals surface area contributed by atoms with Crippen molar-refractivity contribution in [3.8, 4) is 11.5 Å². The molecule has 0 saturated carbocycles. The standard InChI is InChI=1S/C37H35ClN10O9S3/c1-5-58(51,52)23-10-7-21(8-11-23)40-36-42-35(38)43-37(44-36)41-22-9-16-31(60(55,56)57)29(18-22)47-48-33-24-12-15-27(34(50)25(24)13-14-26(33)39-4)45-46-28-17-20(3)32(19-30(28)49)59(53,54)6-2/h7-19,39,49-50H,5-6H2,1-4H3,(H,55,56,57)(H2,40,41,42,43,44)/b46-45+,48-47+. The predicted octanol–water partition coefficient (Wildman–Crippen LogP) is 8.59. The van der Waals surface area contributed by atoms with Gasteiger partial charge in [-0.15, -0.1) is 20.5 Å². The van der Waals surface area contributed by atoms with Crippen LogP contribution in [0.1, 0.15) is 19.4 Å². The molecule has 6 N–H and O–H groups in total. The SMILES string of the molecule is CCS(=O)(=O)c1ccc(Nc2nc(Cl)nc(Nc3ccc(S(=O)(=O)O)c(/N=N/c4c(NC)ccc5c(O)c(/N=N/c6cc(C)c(S(=O)(=O)CC)cc6O)ccc45)c3)n2)cc1. The van der Waals surface area contributed by atoms with Gasteiger partial charge in [0.1, 0.15) is 33.4 Å². The average molecular weight is 895 g/mol. The van der Waals surface area contributed by atoms with Crippen LogP contribution in [0.5, 0.6) is 11.5 Å². The number of hydrogen-bond acceptors (Lipinski definition) is 18. The summed E-state index contributed by atoms with van der Waals surface area (Å²) in [6, 6.07) is 18.2. The van der Waals surface area contributed by atoms with Crippen molar-refractivity contribution in [2.75, 3.05) is 34.5 Å². The zero-order valence-corrected chi connectivity index (χ0v) is 35.1. The Bertz CT molecular complexity index is 3060. The number of aromatic hydroxyl groups is 2. The third kappa shape index (κ3) is 9.42. The van der Waals surface area contributed by atoms with Crippen molar-refractivity contribution in [1.82, 2.24) is 15.0 Å². The van der Waals surface area contributed by atoms with E-state index in [1.807, 2.05) is 0 Å². The molecule has 0 saturated heterocycles. The minimum Gasteiger partial charge on any atom is -0.506 e. The van der Waals surface area contributed by atoms with Crippen LogP contribution in [0.2, 0.25) is 5.28 Å². The highest BCUT2D eigenvalue weighted by molar-refractivity contribution is 7.91. The summed E-state index contributed by atoms with van der Waals surface area (Å²) in [4.78, 5) is 11.9. The van der Waals surface area contributed by atoms with Crippen LogP contribution < -0.4 is 16.0 Å². The summed E-state index contributed by atoms with van der Waals surface area (Å²) >= 11 is 6.17. The summed E-state index contributed by atoms with van der Waals surface area (Å²) in [7, 11) is -10.2. The highest BCUT2D eigenvalue weighted by Gasteiger charge is 2.20. The molecule has 0 aliphatic carbocycles. The third-order valence-corrected chi connectivity index (χ3v) is 13.5. The normalized spacial score (nSPS) is 12.4. The van der Waals surface area contributed by atoms with E-state index in [2.05, 4.69) is 51.4 Å². The van der Waals surface area contributed by atoms with Gasteiger partial charge in [-0.05, 0) is 96.9 Å². The fraction of sp³-hybridized carbons (Fsp3) is 0.162. The number of sulfone groups is 2. The zero-order chi connectivity index (χ0) is 43.6. The first-order valence-corrected chi connectivity index (χ1v) is 22.7. The van der Waals surface area contributed by atoms with Gasteiger partial charge >= 0.3 is 0 Å². The number of azo groups is 2. The van der Waals surface area contributed by atoms with Gasteiger partial charge in [0.2, 0.25) is 17.2 Å². The first kappa shape index (κ1) is 43.3. The molecule has 1 heterocycles. The van der Waals surface area contributed by atoms with E-state index in [0.29, 0.717) is 22.3 Å². The molecule has 23 heteroatoms. The Morgan fingerprint density at radius 3 is 1.88 bits per heavy atom. The van der Waals surface area contributed by atoms with Gasteiger partial charge in [-0.2, -0.15) is 23.4 Å². The van der Waals surface area contributed by atoms with E-state index in [4.69, 9.17) is 11.6 Å². The molecule has 0 atom stereocenters. The lowest BCUT2D eigenvalue weighted by molar-refractivity contribution is 0.473. The molecule has 312 valence electrons. The van der Waals surface area contributed by atoms with Gasteiger partial charge in [-0.25, -0.2) is 16.8 Å². The topological polar surface area (TPSA) is 287 Å². The third-order valence-electron chi connectivity index (χ3n) is 8.85. The average Bonchev–Trinajstić information content (AvgIpc) is 3.20. The van der Waals surface area contributed by atoms with Crippen molar-refractivity contribution in [3.05, 3.63) is 89.7 Å². The first-order valence-electron chi connectivity index (χ1n) is 17.6. The number of aromatic nitrogens is 3. The Morgan fingerprint density at radius 1 is 0.650 bits per heavy atom. The van der Waals surface area contributed by atoms with Crippen LogP contribution in [0.15, 0.2) is 114 Å². The van der Waals surface area contributed by atoms with Crippen molar-refractivity contribution in [2.24, 2.45) is 20.5 Å². The lowest BCUT2D eigenvalue weighted by Gasteiger charge is -2.12. The van der Waals surface area contributed by atoms with Crippen LogP contribution in [0.4, 0.5) is 51.7 Å². The van der Waals surface area contributed by atoms with E-state index in [0.717, 1.165) is 12.1 Å². The highest BCUT2D eigenvalue weighted by atomic mass is 35.5. The van der Waals surface area contributed by atoms with Crippen LogP contribution in [0, 0.1) is 6.92 Å². The molecule has 6 rings (SSSR count). The Balaban J connectivity index is 1.31. The number of phenolic OH excluding ortho intramolecular Hbond substituents is 2. The molecule has 0 amide bonds. The maximum absolute atomic E-state index is 12.4. The number of benzene rings is 5. The number of nitrogens with one attached hydrogen (secondary N) is 3. The Labute approximate surface area is 349 Å². The molecule has 0 unspecified atom stereocenters. The van der Waals surface area contributed by atoms with Crippen molar-refractivity contribution in [1.29, 1.82) is 0 Å². The number of aryl methyl sites for hydroxylation is 1. The second kappa shape index (κ2) is 17.1. The maximum atomic E-state index is 12.4. The predicted molar refractivity (Wildman–Crippen MR) is 226 cm³/mol. The fourth-order valence-corrected chi connectivity index (χ4v) is 8.52. The van der Waals surface area contributed by atoms with E-state index in [1.54, 1.807) is 39.1 Å². The number of hydrogen-bond donors (Lipinski definition) is 6. The number of rotatable bonds is 14. The second-order valence-electron chi connectivity index (χ2n) is 12.7. The van der Waals surface area contributed by atoms with Gasteiger partial charge in [-0.1, -0.05) is 13.8 Å². The molecule has 1 aromatic heterocycles. The van der Waals surface area contributed by atoms with Crippen molar-refractivity contribution in [2.45, 2.75) is 35.5 Å². The van der Waals surface area contributed by atoms with Gasteiger partial charge in [0.05, 0.1) is 27.0 Å². The summed E-state index contributed by atoms with van der Waals surface area (Å²) in [5.41, 5.74) is 1.25. The minimum atomic E-state index is -4.82. The molecular formula is C37H35ClN10O9S3. The Morgan fingerprint density at radius 2 is 1.25 bits per heavy atom. The summed E-state index contributed by atoms with van der Waals surface area (Å²) in [5, 5.41) is 47.5. The molecule has 0 spiro atoms. The van der Waals surface area contributed by atoms with Crippen LogP contribution in [0.3, 0.4) is 0 Å². The van der Waals surface area contributed by atoms with E-state index >= 15 is 0 Å². The first-order chi connectivity index (χ1) is 28.3. The van der Waals surface area contributed by atoms with Gasteiger partial charge in [0, 0.05) is 35.3 Å². The number of halogens is 1. The molecule has 0 radical (unpaired) electrons. The molecule has 6 aromatic rings. The molecule has 5 aromatic carbocycles. The Hall–Kier alpha value is -6.33. The highest BCUT2D eigenvalue weighted by Crippen LogP contribution is 2.44. The second-order valence-corrected chi connectivity index (χ2v) is 19.0. The van der Waals surface area contributed by atoms with E-state index < -0.39 is 40.4 Å². The van der Waals surface area contributed by atoms with Gasteiger partial charge in [0.25, 0.3) is 10.1 Å². The lowest BCUT2D eigenvalue weighted by atomic mass is 10.1. The number of anilines is 5. The zero-order valence-electron chi connectivity index (χ0n) is 31.9. The summed E-state index contributed by atoms with van der Waals surface area (Å²) < 4.78 is 84.0. The molecule has 0 fully saturated rings. The van der Waals surface area contributed by atoms with Crippen molar-refractivity contribution in [3.63, 3.8) is 0 Å². The summed E-state index contributed by atoms with van der Waals surface area (Å²) in [5.74, 6) is -1.05. The van der Waals surface area contributed by atoms with Gasteiger partial charge < -0.3 is 26.2 Å². The maximum Gasteiger partial charge on any atom is 0.296 e. The van der Waals surface area contributed by atoms with E-state index in [1.165, 1.54) is 55.5 Å². The summed E-state index contributed by atoms with van der Waals surface area (Å²) in [6.07, 6.45) is 0. The molecular weight excluding hydrogens is 860 g/mol. The molecule has 60 heavy (non-hydrogen) atoms. The Kier molecular flexibility index (Phi) is 12.3. The largest absolute Gasteiger partial charge is 0.506 e. The van der Waals surface area contributed by atoms with Crippen LogP contribution in [0.25, 0.3) is 10.8 Å². The molecule has 0 aliphatic heterocycles. The van der Waals surface area contributed by atoms with Gasteiger partial charge in [0.15, 0.2) is 25.4 Å². The quantitative estimate of drug-likeness (QED) is 0.0441. The van der Waals surface area contributed by atoms with Crippen molar-refractivity contribution < 1.29 is 40.0 Å². The monoisotopic (exact) mass is 894 g/mol. The molecule has 19 nitrogen and oxygen atoms in total. The number of nitrogens with zero attached hydrogens (tertiary/aromatic N) is 7. The molecule has 0 bridgehead atoms. The summed E-state index contributed by atoms with van der Waals surface area (Å²) in [6.45, 7) is 4.59. The smallest absolute Gasteiger partial charge is 0.296 e. The van der Waals surface area contributed by atoms with Crippen LogP contribution >= 0.6 is 11.6 Å². The molecule has 0 aliphatic rings. The minimum absolute atomic E-state index is 0.00512. The van der Waals surface area contributed by atoms with Crippen LogP contribution in [-0.4, -0.2) is 73.5 Å².